The molecule has 1 aromatic rings. The summed E-state index contributed by atoms with van der Waals surface area (Å²) in [6.45, 7) is 8.75. The van der Waals surface area contributed by atoms with Crippen molar-refractivity contribution in [3.05, 3.63) is 39.9 Å². The molecule has 2 atom stereocenters. The van der Waals surface area contributed by atoms with Crippen molar-refractivity contribution in [2.45, 2.75) is 46.6 Å². The molecule has 0 aliphatic heterocycles. The Hall–Kier alpha value is -1.42. The Balaban J connectivity index is 2.72. The molecule has 19 heavy (non-hydrogen) atoms. The van der Waals surface area contributed by atoms with Crippen LogP contribution >= 0.6 is 0 Å². The van der Waals surface area contributed by atoms with Crippen LogP contribution < -0.4 is 5.73 Å². The number of nitrogens with two attached hydrogens (primary N) is 1. The van der Waals surface area contributed by atoms with Gasteiger partial charge in [-0.15, -0.1) is 0 Å². The average Bonchev–Trinajstić information content (AvgIpc) is 2.27. The molecule has 0 heterocycles. The fourth-order valence-electron chi connectivity index (χ4n) is 2.04. The van der Waals surface area contributed by atoms with Gasteiger partial charge in [0.05, 0.1) is 4.92 Å². The van der Waals surface area contributed by atoms with Crippen LogP contribution in [0.25, 0.3) is 0 Å². The van der Waals surface area contributed by atoms with Crippen molar-refractivity contribution in [3.8, 4) is 0 Å². The minimum Gasteiger partial charge on any atom is -0.327 e. The third-order valence-electron chi connectivity index (χ3n) is 3.81. The van der Waals surface area contributed by atoms with Crippen LogP contribution in [0.2, 0.25) is 0 Å². The molecule has 0 aliphatic rings. The number of nitrogens with zero attached hydrogens (tertiary/aromatic N) is 1. The van der Waals surface area contributed by atoms with Crippen molar-refractivity contribution >= 4 is 5.69 Å². The first-order valence-corrected chi connectivity index (χ1v) is 6.69. The molecular formula is C15H24N2O2. The first-order valence-electron chi connectivity index (χ1n) is 6.69. The molecule has 2 N–H and O–H groups in total. The van der Waals surface area contributed by atoms with Crippen molar-refractivity contribution < 1.29 is 4.92 Å². The topological polar surface area (TPSA) is 69.2 Å². The predicted molar refractivity (Wildman–Crippen MR) is 78.0 cm³/mol. The van der Waals surface area contributed by atoms with Crippen LogP contribution in [0.4, 0.5) is 5.69 Å². The maximum Gasteiger partial charge on any atom is 0.272 e. The highest BCUT2D eigenvalue weighted by Crippen LogP contribution is 2.30. The molecule has 4 nitrogen and oxygen atoms in total. The zero-order chi connectivity index (χ0) is 14.6. The van der Waals surface area contributed by atoms with Crippen LogP contribution in [-0.2, 0) is 6.42 Å². The molecule has 0 radical (unpaired) electrons. The molecule has 0 amide bonds. The van der Waals surface area contributed by atoms with E-state index in [1.807, 2.05) is 6.07 Å². The SMILES string of the molecule is CC(CC(N)Cc1ccccc1[N+](=O)[O-])C(C)(C)C. The highest BCUT2D eigenvalue weighted by atomic mass is 16.6. The zero-order valence-corrected chi connectivity index (χ0v) is 12.2. The molecule has 0 fully saturated rings. The molecule has 1 aromatic carbocycles. The normalized spacial score (nSPS) is 15.0. The molecule has 0 bridgehead atoms. The van der Waals surface area contributed by atoms with Crippen LogP contribution in [0.5, 0.6) is 0 Å². The Morgan fingerprint density at radius 3 is 2.42 bits per heavy atom. The van der Waals surface area contributed by atoms with Crippen LogP contribution in [0.3, 0.4) is 0 Å². The number of hydrogen-bond donors (Lipinski definition) is 1. The van der Waals surface area contributed by atoms with Gasteiger partial charge in [-0.3, -0.25) is 10.1 Å². The molecule has 0 saturated heterocycles. The summed E-state index contributed by atoms with van der Waals surface area (Å²) in [5.74, 6) is 0.477. The van der Waals surface area contributed by atoms with Gasteiger partial charge in [0.25, 0.3) is 5.69 Å². The highest BCUT2D eigenvalue weighted by Gasteiger charge is 2.23. The summed E-state index contributed by atoms with van der Waals surface area (Å²) in [6, 6.07) is 6.79. The second kappa shape index (κ2) is 6.15. The Kier molecular flexibility index (Phi) is 5.06. The van der Waals surface area contributed by atoms with Gasteiger partial charge in [0.15, 0.2) is 0 Å². The first kappa shape index (κ1) is 15.6. The monoisotopic (exact) mass is 264 g/mol. The molecule has 2 unspecified atom stereocenters. The summed E-state index contributed by atoms with van der Waals surface area (Å²) in [5, 5.41) is 10.9. The van der Waals surface area contributed by atoms with Gasteiger partial charge in [0, 0.05) is 17.7 Å². The van der Waals surface area contributed by atoms with Gasteiger partial charge in [0.1, 0.15) is 0 Å². The van der Waals surface area contributed by atoms with E-state index in [-0.39, 0.29) is 22.1 Å². The Bertz CT molecular complexity index is 438. The smallest absolute Gasteiger partial charge is 0.272 e. The largest absolute Gasteiger partial charge is 0.327 e. The average molecular weight is 264 g/mol. The first-order chi connectivity index (χ1) is 8.71. The number of benzene rings is 1. The molecule has 0 saturated carbocycles. The minimum absolute atomic E-state index is 0.0460. The summed E-state index contributed by atoms with van der Waals surface area (Å²) in [5.41, 5.74) is 7.25. The van der Waals surface area contributed by atoms with E-state index in [0.717, 1.165) is 12.0 Å². The lowest BCUT2D eigenvalue weighted by Gasteiger charge is -2.29. The number of hydrogen-bond acceptors (Lipinski definition) is 3. The summed E-state index contributed by atoms with van der Waals surface area (Å²) >= 11 is 0. The molecule has 0 aromatic heterocycles. The lowest BCUT2D eigenvalue weighted by Crippen LogP contribution is -2.30. The van der Waals surface area contributed by atoms with E-state index < -0.39 is 0 Å². The number of para-hydroxylation sites is 1. The van der Waals surface area contributed by atoms with Gasteiger partial charge < -0.3 is 5.73 Å². The fourth-order valence-corrected chi connectivity index (χ4v) is 2.04. The number of rotatable bonds is 5. The lowest BCUT2D eigenvalue weighted by atomic mass is 9.78. The van der Waals surface area contributed by atoms with Gasteiger partial charge in [-0.1, -0.05) is 45.9 Å². The maximum atomic E-state index is 10.9. The molecule has 0 spiro atoms. The summed E-state index contributed by atoms with van der Waals surface area (Å²) < 4.78 is 0. The van der Waals surface area contributed by atoms with E-state index in [1.165, 1.54) is 6.07 Å². The Morgan fingerprint density at radius 2 is 1.89 bits per heavy atom. The number of nitro benzene ring substituents is 1. The second-order valence-electron chi connectivity index (χ2n) is 6.35. The Morgan fingerprint density at radius 1 is 1.32 bits per heavy atom. The van der Waals surface area contributed by atoms with Crippen LogP contribution in [0.1, 0.15) is 39.7 Å². The third kappa shape index (κ3) is 4.63. The minimum atomic E-state index is -0.338. The molecule has 106 valence electrons. The van der Waals surface area contributed by atoms with Gasteiger partial charge in [-0.25, -0.2) is 0 Å². The van der Waals surface area contributed by atoms with Crippen molar-refractivity contribution in [2.24, 2.45) is 17.1 Å². The second-order valence-corrected chi connectivity index (χ2v) is 6.35. The fraction of sp³-hybridized carbons (Fsp3) is 0.600. The van der Waals surface area contributed by atoms with E-state index in [9.17, 15) is 10.1 Å². The molecule has 1 rings (SSSR count). The summed E-state index contributed by atoms with van der Waals surface area (Å²) in [7, 11) is 0. The molecule has 0 aliphatic carbocycles. The highest BCUT2D eigenvalue weighted by molar-refractivity contribution is 5.40. The van der Waals surface area contributed by atoms with Crippen molar-refractivity contribution in [1.29, 1.82) is 0 Å². The van der Waals surface area contributed by atoms with E-state index in [1.54, 1.807) is 12.1 Å². The van der Waals surface area contributed by atoms with Gasteiger partial charge in [-0.2, -0.15) is 0 Å². The van der Waals surface area contributed by atoms with Crippen LogP contribution in [0.15, 0.2) is 24.3 Å². The zero-order valence-electron chi connectivity index (χ0n) is 12.2. The van der Waals surface area contributed by atoms with Gasteiger partial charge >= 0.3 is 0 Å². The molecule has 4 heteroatoms. The van der Waals surface area contributed by atoms with Crippen LogP contribution in [-0.4, -0.2) is 11.0 Å². The van der Waals surface area contributed by atoms with Gasteiger partial charge in [-0.05, 0) is 24.2 Å². The van der Waals surface area contributed by atoms with E-state index in [4.69, 9.17) is 5.73 Å². The van der Waals surface area contributed by atoms with Gasteiger partial charge in [0.2, 0.25) is 0 Å². The standard InChI is InChI=1S/C15H24N2O2/c1-11(15(2,3)4)9-13(16)10-12-7-5-6-8-14(12)17(18)19/h5-8,11,13H,9-10,16H2,1-4H3. The summed E-state index contributed by atoms with van der Waals surface area (Å²) in [4.78, 5) is 10.6. The van der Waals surface area contributed by atoms with Crippen molar-refractivity contribution in [3.63, 3.8) is 0 Å². The van der Waals surface area contributed by atoms with E-state index in [2.05, 4.69) is 27.7 Å². The van der Waals surface area contributed by atoms with Crippen LogP contribution in [0, 0.1) is 21.4 Å². The third-order valence-corrected chi connectivity index (χ3v) is 3.81. The van der Waals surface area contributed by atoms with E-state index in [0.29, 0.717) is 12.3 Å². The summed E-state index contributed by atoms with van der Waals surface area (Å²) in [6.07, 6.45) is 1.42. The number of nitro groups is 1. The van der Waals surface area contributed by atoms with Crippen molar-refractivity contribution in [1.82, 2.24) is 0 Å². The van der Waals surface area contributed by atoms with E-state index >= 15 is 0 Å². The molecular weight excluding hydrogens is 240 g/mol. The van der Waals surface area contributed by atoms with Crippen molar-refractivity contribution in [2.75, 3.05) is 0 Å². The maximum absolute atomic E-state index is 10.9. The Labute approximate surface area is 115 Å². The predicted octanol–water partition coefficient (Wildman–Crippen LogP) is 3.54. The lowest BCUT2D eigenvalue weighted by molar-refractivity contribution is -0.385. The quantitative estimate of drug-likeness (QED) is 0.653.